The van der Waals surface area contributed by atoms with Gasteiger partial charge in [-0.15, -0.1) is 0 Å². The largest absolute Gasteiger partial charge is 0.416 e. The maximum absolute atomic E-state index is 14.2. The van der Waals surface area contributed by atoms with Crippen LogP contribution < -0.4 is 21.9 Å². The van der Waals surface area contributed by atoms with E-state index in [9.17, 15) is 105 Å². The van der Waals surface area contributed by atoms with Crippen LogP contribution in [0.15, 0.2) is 219 Å². The smallest absolute Gasteiger partial charge is 0.244 e. The predicted octanol–water partition coefficient (Wildman–Crippen LogP) is 18.9. The van der Waals surface area contributed by atoms with Crippen molar-refractivity contribution >= 4 is 49.5 Å². The Labute approximate surface area is 574 Å². The number of aromatic nitrogens is 8. The van der Waals surface area contributed by atoms with Gasteiger partial charge in [0.15, 0.2) is 12.3 Å². The second kappa shape index (κ2) is 29.0. The number of hydrogen-bond acceptors (Lipinski definition) is 4. The normalized spacial score (nSPS) is 14.4. The number of halogens is 24. The van der Waals surface area contributed by atoms with E-state index in [1.165, 1.54) is 25.7 Å². The van der Waals surface area contributed by atoms with Crippen molar-refractivity contribution in [2.75, 3.05) is 0 Å². The second-order valence-corrected chi connectivity index (χ2v) is 23.0. The molecule has 0 fully saturated rings. The Kier molecular flexibility index (Phi) is 21.8. The van der Waals surface area contributed by atoms with Crippen LogP contribution in [0.2, 0.25) is 0 Å². The van der Waals surface area contributed by atoms with Crippen LogP contribution in [0.25, 0.3) is 21.5 Å². The number of hydrogen-bond donors (Lipinski definition) is 0. The zero-order chi connectivity index (χ0) is 73.5. The van der Waals surface area contributed by atoms with Gasteiger partial charge in [-0.2, -0.15) is 148 Å². The maximum atomic E-state index is 14.2. The van der Waals surface area contributed by atoms with Crippen LogP contribution in [0.1, 0.15) is 93.6 Å². The summed E-state index contributed by atoms with van der Waals surface area (Å²) in [6.07, 6.45) is -26.1. The molecule has 0 saturated carbocycles. The molecule has 4 heterocycles. The first-order valence-corrected chi connectivity index (χ1v) is 29.7. The number of alkyl halides is 24. The molecule has 1 aliphatic carbocycles. The molecule has 0 N–H and O–H groups in total. The van der Waals surface area contributed by atoms with E-state index in [1.807, 2.05) is 67.8 Å². The summed E-state index contributed by atoms with van der Waals surface area (Å²) in [5.41, 5.74) is -28.0. The summed E-state index contributed by atoms with van der Waals surface area (Å²) in [7, 11) is 0. The summed E-state index contributed by atoms with van der Waals surface area (Å²) < 4.78 is 349. The average Bonchev–Trinajstić information content (AvgIpc) is 0.792. The predicted molar refractivity (Wildman–Crippen MR) is 324 cm³/mol. The molecule has 0 spiro atoms. The van der Waals surface area contributed by atoms with Crippen molar-refractivity contribution in [2.45, 2.75) is 87.4 Å². The van der Waals surface area contributed by atoms with Crippen LogP contribution in [0.3, 0.4) is 0 Å². The summed E-state index contributed by atoms with van der Waals surface area (Å²) in [5, 5.41) is 22.9. The molecule has 4 aromatic heterocycles. The minimum atomic E-state index is -6.13. The fourth-order valence-corrected chi connectivity index (χ4v) is 12.0. The van der Waals surface area contributed by atoms with Gasteiger partial charge in [0.1, 0.15) is 6.15 Å². The van der Waals surface area contributed by atoms with Crippen molar-refractivity contribution in [1.82, 2.24) is 39.1 Å². The summed E-state index contributed by atoms with van der Waals surface area (Å²) in [6.45, 7) is 0. The van der Waals surface area contributed by atoms with Crippen LogP contribution >= 0.6 is 0 Å². The van der Waals surface area contributed by atoms with Crippen molar-refractivity contribution in [1.29, 1.82) is 0 Å². The van der Waals surface area contributed by atoms with Crippen molar-refractivity contribution in [3.05, 3.63) is 275 Å². The van der Waals surface area contributed by atoms with Crippen molar-refractivity contribution in [3.63, 3.8) is 0 Å². The van der Waals surface area contributed by atoms with E-state index in [1.54, 1.807) is 24.8 Å². The Bertz CT molecular complexity index is 4080. The molecule has 0 atom stereocenters. The molecule has 34 heteroatoms. The van der Waals surface area contributed by atoms with Crippen LogP contribution in [0, 0.1) is 0 Å². The van der Waals surface area contributed by atoms with Crippen LogP contribution in [-0.2, 0) is 69.5 Å². The number of rotatable bonds is 10. The maximum Gasteiger partial charge on any atom is 0.416 e. The van der Waals surface area contributed by atoms with Crippen LogP contribution in [0.5, 0.6) is 0 Å². The molecule has 12 rings (SSSR count). The minimum absolute atomic E-state index is 0. The molecular formula is C68H46BF24IrN8-. The third-order valence-corrected chi connectivity index (χ3v) is 16.4. The van der Waals surface area contributed by atoms with Crippen molar-refractivity contribution < 1.29 is 125 Å². The van der Waals surface area contributed by atoms with E-state index in [0.29, 0.717) is 0 Å². The quantitative estimate of drug-likeness (QED) is 0.0592. The average molecular weight is 1630 g/mol. The van der Waals surface area contributed by atoms with Gasteiger partial charge < -0.3 is 0 Å². The third-order valence-electron chi connectivity index (χ3n) is 16.4. The first-order valence-electron chi connectivity index (χ1n) is 29.7. The first-order chi connectivity index (χ1) is 47.1. The van der Waals surface area contributed by atoms with Gasteiger partial charge >= 0.3 is 49.4 Å². The molecule has 0 saturated heterocycles. The SMILES string of the molecule is C1=C\CC/C=C\CC/1.FC(F)(F)c1cc([B-](c2cc(C(F)(F)F)cc(C(F)(F)F)c2)(c2cc(C(F)(F)F)cc(C(F)(F)F)c2)c2cc(C(F)(F)F)cc(C(F)(F)F)c2)cc(C(F)(F)F)c1.[Ir].c1cc(C(n2cccn2)n2cccn2)c2cc3c(C(n4cccn4)n4cccn4)cccc3cc2c1. The zero-order valence-corrected chi connectivity index (χ0v) is 53.7. The fourth-order valence-electron chi connectivity index (χ4n) is 12.0. The number of fused-ring (bicyclic) bond motifs is 2. The minimum Gasteiger partial charge on any atom is -0.244 e. The summed E-state index contributed by atoms with van der Waals surface area (Å²) in [4.78, 5) is 0. The Morgan fingerprint density at radius 1 is 0.275 bits per heavy atom. The molecular weight excluding hydrogens is 1590 g/mol. The van der Waals surface area contributed by atoms with Crippen molar-refractivity contribution in [2.24, 2.45) is 0 Å². The standard InChI is InChI=1S/C32H12BF24.C28H22N8.C8H12.Ir/c34-25(35,36)13-1-14(26(37,38)39)6-21(5-13)33(22-7-15(27(40,41)42)2-16(8-22)28(43,44)45,23-9-17(29(46,47)48)3-18(10-23)30(49,50)51)24-11-19(31(52,53)54)4-20(12-24)32(55,56)57;1-7-21-19-22-8-2-10-24(28(35-17-5-13-31-35)36-18-6-14-32-36)26(22)20-25(21)23(9-1)27(33-15-3-11-29-33)34-16-4-12-30-34;1-2-4-6-8-7-5-3-1;/h1-12H;1-20,27-28H;1-2,7-8H,3-6H2;/q-1;;;/b;;2-1-,8-7-;. The molecule has 102 heavy (non-hydrogen) atoms. The molecule has 0 bridgehead atoms. The van der Waals surface area contributed by atoms with Gasteiger partial charge in [-0.1, -0.05) is 109 Å². The van der Waals surface area contributed by atoms with Gasteiger partial charge in [-0.25, -0.2) is 18.7 Å². The number of nitrogens with zero attached hydrogens (tertiary/aromatic N) is 8. The number of allylic oxidation sites excluding steroid dienone is 4. The molecule has 8 nitrogen and oxygen atoms in total. The van der Waals surface area contributed by atoms with Crippen LogP contribution in [-0.4, -0.2) is 45.3 Å². The summed E-state index contributed by atoms with van der Waals surface area (Å²) in [6, 6.07) is 16.3. The van der Waals surface area contributed by atoms with E-state index in [2.05, 4.69) is 93.2 Å². The Morgan fingerprint density at radius 2 is 0.490 bits per heavy atom. The zero-order valence-electron chi connectivity index (χ0n) is 51.3. The molecule has 0 unspecified atom stereocenters. The van der Waals surface area contributed by atoms with Gasteiger partial charge in [-0.05, 0) is 108 Å². The van der Waals surface area contributed by atoms with E-state index in [0.717, 1.165) is 32.7 Å². The molecule has 1 radical (unpaired) electrons. The second-order valence-electron chi connectivity index (χ2n) is 23.0. The van der Waals surface area contributed by atoms with Crippen molar-refractivity contribution in [3.8, 4) is 0 Å². The summed E-state index contributed by atoms with van der Waals surface area (Å²) in [5.74, 6) is 0. The Morgan fingerprint density at radius 3 is 0.676 bits per heavy atom. The van der Waals surface area contributed by atoms with Gasteiger partial charge in [-0.3, -0.25) is 0 Å². The molecule has 1 aliphatic rings. The molecule has 11 aromatic rings. The monoisotopic (exact) mass is 1630 g/mol. The topological polar surface area (TPSA) is 71.3 Å². The van der Waals surface area contributed by atoms with E-state index >= 15 is 0 Å². The Hall–Kier alpha value is -9.59. The van der Waals surface area contributed by atoms with E-state index in [-0.39, 0.29) is 32.4 Å². The Balaban J connectivity index is 0.000000226. The van der Waals surface area contributed by atoms with Gasteiger partial charge in [0.25, 0.3) is 0 Å². The van der Waals surface area contributed by atoms with E-state index in [4.69, 9.17) is 0 Å². The third kappa shape index (κ3) is 17.0. The number of benzene rings is 7. The van der Waals surface area contributed by atoms with Gasteiger partial charge in [0, 0.05) is 80.8 Å². The molecule has 539 valence electrons. The molecule has 0 amide bonds. The summed E-state index contributed by atoms with van der Waals surface area (Å²) >= 11 is 0. The van der Waals surface area contributed by atoms with Crippen LogP contribution in [0.4, 0.5) is 105 Å². The van der Waals surface area contributed by atoms with Gasteiger partial charge in [0.05, 0.1) is 44.5 Å². The first kappa shape index (κ1) is 76.6. The van der Waals surface area contributed by atoms with E-state index < -0.39 is 195 Å². The molecule has 7 aromatic carbocycles. The fraction of sp³-hybridized carbons (Fsp3) is 0.206. The molecule has 0 aliphatic heterocycles. The van der Waals surface area contributed by atoms with Gasteiger partial charge in [0.2, 0.25) is 0 Å².